The van der Waals surface area contributed by atoms with Gasteiger partial charge in [0, 0.05) is 58.5 Å². The quantitative estimate of drug-likeness (QED) is 0.372. The van der Waals surface area contributed by atoms with Gasteiger partial charge in [0.1, 0.15) is 11.6 Å². The van der Waals surface area contributed by atoms with E-state index in [2.05, 4.69) is 44.2 Å². The molecule has 1 aromatic rings. The van der Waals surface area contributed by atoms with E-state index in [0.29, 0.717) is 17.9 Å². The summed E-state index contributed by atoms with van der Waals surface area (Å²) >= 11 is 0. The number of aliphatic imine (C=N–C) groups is 1. The molecule has 2 aliphatic rings. The maximum Gasteiger partial charge on any atom is 0.219 e. The van der Waals surface area contributed by atoms with Crippen molar-refractivity contribution in [3.63, 3.8) is 0 Å². The number of likely N-dealkylation sites (tertiary alicyclic amines) is 1. The Labute approximate surface area is 185 Å². The molecule has 0 spiro atoms. The molecule has 1 unspecified atom stereocenters. The number of carbonyl (C=O) groups is 1. The third-order valence-electron chi connectivity index (χ3n) is 5.67. The van der Waals surface area contributed by atoms with Gasteiger partial charge in [-0.2, -0.15) is 0 Å². The Morgan fingerprint density at radius 2 is 1.96 bits per heavy atom. The van der Waals surface area contributed by atoms with Gasteiger partial charge in [-0.05, 0) is 25.2 Å². The Morgan fingerprint density at radius 3 is 2.57 bits per heavy atom. The Morgan fingerprint density at radius 1 is 1.25 bits per heavy atom. The Kier molecular flexibility index (Phi) is 8.51. The number of fused-ring (bicyclic) bond motifs is 1. The molecular weight excluding hydrogens is 469 g/mol. The predicted molar refractivity (Wildman–Crippen MR) is 121 cm³/mol. The fourth-order valence-corrected chi connectivity index (χ4v) is 3.97. The monoisotopic (exact) mass is 503 g/mol. The molecule has 0 aromatic carbocycles. The molecule has 0 aliphatic carbocycles. The number of halogens is 1. The number of nitrogens with one attached hydrogen (secondary N) is 2. The first kappa shape index (κ1) is 22.9. The molecule has 0 radical (unpaired) electrons. The largest absolute Gasteiger partial charge is 0.356 e. The summed E-state index contributed by atoms with van der Waals surface area (Å²) in [4.78, 5) is 17.8. The average molecular weight is 503 g/mol. The van der Waals surface area contributed by atoms with E-state index in [1.165, 1.54) is 0 Å². The van der Waals surface area contributed by atoms with E-state index in [9.17, 15) is 4.79 Å². The topological polar surface area (TPSA) is 87.4 Å². The predicted octanol–water partition coefficient (Wildman–Crippen LogP) is 1.76. The zero-order valence-electron chi connectivity index (χ0n) is 17.4. The lowest BCUT2D eigenvalue weighted by molar-refractivity contribution is -0.130. The van der Waals surface area contributed by atoms with Crippen LogP contribution in [0.2, 0.25) is 0 Å². The van der Waals surface area contributed by atoms with Crippen molar-refractivity contribution in [1.82, 2.24) is 30.3 Å². The summed E-state index contributed by atoms with van der Waals surface area (Å²) in [5.41, 5.74) is 0. The molecule has 1 saturated heterocycles. The van der Waals surface area contributed by atoms with Gasteiger partial charge in [-0.1, -0.05) is 13.8 Å². The minimum atomic E-state index is 0. The smallest absolute Gasteiger partial charge is 0.219 e. The zero-order valence-corrected chi connectivity index (χ0v) is 19.8. The minimum absolute atomic E-state index is 0. The lowest BCUT2D eigenvalue weighted by Gasteiger charge is -2.32. The molecule has 28 heavy (non-hydrogen) atoms. The van der Waals surface area contributed by atoms with Crippen LogP contribution in [0.5, 0.6) is 0 Å². The average Bonchev–Trinajstić information content (AvgIpc) is 3.09. The summed E-state index contributed by atoms with van der Waals surface area (Å²) in [6, 6.07) is 0.330. The van der Waals surface area contributed by atoms with Crippen molar-refractivity contribution in [2.24, 2.45) is 10.9 Å². The van der Waals surface area contributed by atoms with Gasteiger partial charge in [0.15, 0.2) is 5.96 Å². The highest BCUT2D eigenvalue weighted by Gasteiger charge is 2.25. The van der Waals surface area contributed by atoms with Crippen LogP contribution in [0.3, 0.4) is 0 Å². The van der Waals surface area contributed by atoms with E-state index in [4.69, 9.17) is 0 Å². The lowest BCUT2D eigenvalue weighted by Crippen LogP contribution is -2.49. The normalized spacial score (nSPS) is 20.5. The molecule has 3 heterocycles. The SMILES string of the molecule is CN=C(NCC1CCN(C(C)=O)CC1)NC1CCc2nnc(C(C)C)n2C1.I. The van der Waals surface area contributed by atoms with Crippen molar-refractivity contribution in [3.8, 4) is 0 Å². The first-order valence-corrected chi connectivity index (χ1v) is 10.1. The maximum absolute atomic E-state index is 11.4. The van der Waals surface area contributed by atoms with Gasteiger partial charge in [0.2, 0.25) is 5.91 Å². The van der Waals surface area contributed by atoms with E-state index in [0.717, 1.165) is 69.5 Å². The Balaban J connectivity index is 0.00000280. The molecule has 9 heteroatoms. The first-order chi connectivity index (χ1) is 13.0. The minimum Gasteiger partial charge on any atom is -0.356 e. The Hall–Kier alpha value is -1.39. The van der Waals surface area contributed by atoms with Gasteiger partial charge in [0.05, 0.1) is 0 Å². The van der Waals surface area contributed by atoms with Gasteiger partial charge < -0.3 is 20.1 Å². The van der Waals surface area contributed by atoms with Crippen LogP contribution in [0.25, 0.3) is 0 Å². The maximum atomic E-state index is 11.4. The van der Waals surface area contributed by atoms with Crippen LogP contribution in [-0.2, 0) is 17.8 Å². The number of hydrogen-bond donors (Lipinski definition) is 2. The second-order valence-electron chi connectivity index (χ2n) is 8.02. The standard InChI is InChI=1S/C19H33N7O.HI/c1-13(2)18-24-23-17-6-5-16(12-26(17)18)22-19(20-4)21-11-15-7-9-25(10-8-15)14(3)27;/h13,15-16H,5-12H2,1-4H3,(H2,20,21,22);1H. The van der Waals surface area contributed by atoms with Gasteiger partial charge in [0.25, 0.3) is 0 Å². The highest BCUT2D eigenvalue weighted by Crippen LogP contribution is 2.20. The van der Waals surface area contributed by atoms with E-state index < -0.39 is 0 Å². The van der Waals surface area contributed by atoms with Crippen LogP contribution in [-0.4, -0.2) is 64.3 Å². The summed E-state index contributed by atoms with van der Waals surface area (Å²) in [6.07, 6.45) is 4.08. The number of piperidine rings is 1. The number of amides is 1. The van der Waals surface area contributed by atoms with Gasteiger partial charge >= 0.3 is 0 Å². The van der Waals surface area contributed by atoms with Crippen LogP contribution in [0.1, 0.15) is 57.6 Å². The molecule has 158 valence electrons. The number of nitrogens with zero attached hydrogens (tertiary/aromatic N) is 5. The highest BCUT2D eigenvalue weighted by atomic mass is 127. The van der Waals surface area contributed by atoms with Crippen LogP contribution in [0.4, 0.5) is 0 Å². The number of aromatic nitrogens is 3. The molecule has 0 bridgehead atoms. The van der Waals surface area contributed by atoms with Crippen LogP contribution in [0, 0.1) is 5.92 Å². The molecule has 3 rings (SSSR count). The second kappa shape index (κ2) is 10.4. The summed E-state index contributed by atoms with van der Waals surface area (Å²) in [5, 5.41) is 15.7. The van der Waals surface area contributed by atoms with Crippen LogP contribution in [0.15, 0.2) is 4.99 Å². The number of carbonyl (C=O) groups excluding carboxylic acids is 1. The fraction of sp³-hybridized carbons (Fsp3) is 0.789. The van der Waals surface area contributed by atoms with Crippen LogP contribution < -0.4 is 10.6 Å². The van der Waals surface area contributed by atoms with Gasteiger partial charge in [-0.15, -0.1) is 34.2 Å². The van der Waals surface area contributed by atoms with Crippen molar-refractivity contribution in [1.29, 1.82) is 0 Å². The second-order valence-corrected chi connectivity index (χ2v) is 8.02. The number of aryl methyl sites for hydroxylation is 1. The summed E-state index contributed by atoms with van der Waals surface area (Å²) in [5.74, 6) is 4.17. The molecule has 1 fully saturated rings. The number of guanidine groups is 1. The van der Waals surface area contributed by atoms with Crippen molar-refractivity contribution in [3.05, 3.63) is 11.6 Å². The molecule has 1 aromatic heterocycles. The molecule has 2 aliphatic heterocycles. The molecule has 2 N–H and O–H groups in total. The van der Waals surface area contributed by atoms with Crippen molar-refractivity contribution < 1.29 is 4.79 Å². The third kappa shape index (κ3) is 5.57. The van der Waals surface area contributed by atoms with E-state index in [1.807, 2.05) is 11.9 Å². The summed E-state index contributed by atoms with van der Waals surface area (Å²) < 4.78 is 2.26. The molecule has 1 atom stereocenters. The third-order valence-corrected chi connectivity index (χ3v) is 5.67. The van der Waals surface area contributed by atoms with Crippen LogP contribution >= 0.6 is 24.0 Å². The highest BCUT2D eigenvalue weighted by molar-refractivity contribution is 14.0. The van der Waals surface area contributed by atoms with Gasteiger partial charge in [-0.3, -0.25) is 9.79 Å². The molecule has 8 nitrogen and oxygen atoms in total. The summed E-state index contributed by atoms with van der Waals surface area (Å²) in [6.45, 7) is 9.48. The van der Waals surface area contributed by atoms with E-state index in [1.54, 1.807) is 6.92 Å². The zero-order chi connectivity index (χ0) is 19.4. The van der Waals surface area contributed by atoms with E-state index >= 15 is 0 Å². The first-order valence-electron chi connectivity index (χ1n) is 10.1. The fourth-order valence-electron chi connectivity index (χ4n) is 3.97. The van der Waals surface area contributed by atoms with Crippen molar-refractivity contribution in [2.75, 3.05) is 26.7 Å². The van der Waals surface area contributed by atoms with Crippen molar-refractivity contribution in [2.45, 2.75) is 65.0 Å². The molecule has 1 amide bonds. The number of rotatable bonds is 4. The van der Waals surface area contributed by atoms with Gasteiger partial charge in [-0.25, -0.2) is 0 Å². The van der Waals surface area contributed by atoms with Crippen molar-refractivity contribution >= 4 is 35.8 Å². The summed E-state index contributed by atoms with van der Waals surface area (Å²) in [7, 11) is 1.82. The lowest BCUT2D eigenvalue weighted by atomic mass is 9.97. The number of hydrogen-bond acceptors (Lipinski definition) is 4. The Bertz CT molecular complexity index is 680. The van der Waals surface area contributed by atoms with E-state index in [-0.39, 0.29) is 29.9 Å². The molecular formula is C19H34IN7O. The molecule has 0 saturated carbocycles.